The summed E-state index contributed by atoms with van der Waals surface area (Å²) in [6.07, 6.45) is 1.88. The molecule has 47 heavy (non-hydrogen) atoms. The molecule has 5 nitrogen and oxygen atoms in total. The van der Waals surface area contributed by atoms with Gasteiger partial charge in [0.1, 0.15) is 11.6 Å². The van der Waals surface area contributed by atoms with Crippen molar-refractivity contribution < 1.29 is 30.2 Å². The molecule has 3 heterocycles. The Labute approximate surface area is 288 Å². The Morgan fingerprint density at radius 2 is 1.45 bits per heavy atom. The predicted molar refractivity (Wildman–Crippen MR) is 183 cm³/mol. The van der Waals surface area contributed by atoms with Crippen molar-refractivity contribution in [2.75, 3.05) is 9.80 Å². The first-order valence-electron chi connectivity index (χ1n) is 15.2. The number of rotatable bonds is 5. The van der Waals surface area contributed by atoms with Crippen LogP contribution in [0.25, 0.3) is 27.6 Å². The van der Waals surface area contributed by atoms with Gasteiger partial charge in [0, 0.05) is 61.3 Å². The van der Waals surface area contributed by atoms with Gasteiger partial charge in [0.05, 0.1) is 0 Å². The number of nitrogens with zero attached hydrogens (tertiary/aromatic N) is 4. The van der Waals surface area contributed by atoms with E-state index in [0.717, 1.165) is 50.4 Å². The first kappa shape index (κ1) is 30.7. The Morgan fingerprint density at radius 3 is 2.23 bits per heavy atom. The summed E-state index contributed by atoms with van der Waals surface area (Å²) in [5, 5.41) is 2.21. The van der Waals surface area contributed by atoms with E-state index in [9.17, 15) is 4.39 Å². The van der Waals surface area contributed by atoms with Crippen molar-refractivity contribution in [1.82, 2.24) is 9.55 Å². The van der Waals surface area contributed by atoms with Gasteiger partial charge in [0.25, 0.3) is 0 Å². The predicted octanol–water partition coefficient (Wildman–Crippen LogP) is 10.4. The molecule has 0 spiro atoms. The minimum atomic E-state index is -0.267. The molecule has 0 unspecified atom stereocenters. The normalized spacial score (nSPS) is 12.8. The van der Waals surface area contributed by atoms with E-state index in [4.69, 9.17) is 9.72 Å². The maximum atomic E-state index is 13.7. The molecule has 7 aromatic rings. The molecule has 0 atom stereocenters. The van der Waals surface area contributed by atoms with Crippen LogP contribution < -0.4 is 14.5 Å². The largest absolute Gasteiger partial charge is 0.509 e. The quantitative estimate of drug-likeness (QED) is 0.163. The summed E-state index contributed by atoms with van der Waals surface area (Å²) in [7, 11) is 0. The van der Waals surface area contributed by atoms with Crippen molar-refractivity contribution in [1.29, 1.82) is 0 Å². The van der Waals surface area contributed by atoms with Crippen LogP contribution in [0.4, 0.5) is 27.1 Å². The second-order valence-electron chi connectivity index (χ2n) is 12.4. The van der Waals surface area contributed by atoms with Gasteiger partial charge in [0.2, 0.25) is 0 Å². The van der Waals surface area contributed by atoms with Crippen LogP contribution in [0, 0.1) is 24.6 Å². The zero-order valence-corrected chi connectivity index (χ0v) is 28.3. The average Bonchev–Trinajstić information content (AvgIpc) is 3.61. The second kappa shape index (κ2) is 12.0. The Balaban J connectivity index is 0.00000351. The zero-order chi connectivity index (χ0) is 31.4. The Hall–Kier alpha value is -4.93. The number of para-hydroxylation sites is 3. The van der Waals surface area contributed by atoms with Gasteiger partial charge >= 0.3 is 0 Å². The molecular formula is C40H30FN4OPt-3. The Kier molecular flexibility index (Phi) is 7.85. The standard InChI is InChI=1S/C40H30FN4O.Pt/c1-40(2,3)27-21-22-42-39(23-27)45-35-12-5-4-11-33(35)34-20-19-32(25-38(34)45)46-31-10-8-9-30(24-31)44-26-43(29-17-15-28(41)16-18-29)36-13-6-7-14-37(36)44;/h4-23,26H,1-3H3;/q-3;. The van der Waals surface area contributed by atoms with Gasteiger partial charge in [-0.05, 0) is 71.0 Å². The van der Waals surface area contributed by atoms with E-state index in [1.54, 1.807) is 12.1 Å². The third kappa shape index (κ3) is 5.57. The molecule has 1 aliphatic rings. The Bertz CT molecular complexity index is 2240. The van der Waals surface area contributed by atoms with Gasteiger partial charge in [-0.15, -0.1) is 48.1 Å². The van der Waals surface area contributed by atoms with Crippen LogP contribution in [0.15, 0.2) is 121 Å². The van der Waals surface area contributed by atoms with Gasteiger partial charge in [-0.1, -0.05) is 56.6 Å². The first-order chi connectivity index (χ1) is 22.3. The summed E-state index contributed by atoms with van der Waals surface area (Å²) < 4.78 is 22.3. The van der Waals surface area contributed by atoms with Crippen molar-refractivity contribution in [3.8, 4) is 17.3 Å². The molecule has 8 rings (SSSR count). The summed E-state index contributed by atoms with van der Waals surface area (Å²) >= 11 is 0. The van der Waals surface area contributed by atoms with Crippen LogP contribution in [-0.2, 0) is 26.5 Å². The molecular weight excluding hydrogens is 767 g/mol. The number of fused-ring (bicyclic) bond motifs is 4. The molecule has 0 N–H and O–H groups in total. The maximum Gasteiger partial charge on any atom is 0.135 e. The summed E-state index contributed by atoms with van der Waals surface area (Å²) in [5.41, 5.74) is 6.81. The van der Waals surface area contributed by atoms with Crippen molar-refractivity contribution in [3.63, 3.8) is 0 Å². The van der Waals surface area contributed by atoms with Crippen molar-refractivity contribution in [2.45, 2.75) is 26.2 Å². The van der Waals surface area contributed by atoms with E-state index >= 15 is 0 Å². The Morgan fingerprint density at radius 1 is 0.723 bits per heavy atom. The molecule has 0 radical (unpaired) electrons. The molecule has 0 aliphatic carbocycles. The van der Waals surface area contributed by atoms with Crippen LogP contribution >= 0.6 is 0 Å². The molecule has 2 aromatic heterocycles. The van der Waals surface area contributed by atoms with Crippen molar-refractivity contribution >= 4 is 44.6 Å². The molecule has 0 saturated carbocycles. The van der Waals surface area contributed by atoms with E-state index in [0.29, 0.717) is 11.5 Å². The van der Waals surface area contributed by atoms with E-state index in [1.165, 1.54) is 17.7 Å². The number of benzene rings is 5. The molecule has 0 fully saturated rings. The molecule has 7 heteroatoms. The molecule has 1 aliphatic heterocycles. The number of ether oxygens (including phenoxy) is 1. The molecule has 0 bridgehead atoms. The van der Waals surface area contributed by atoms with Crippen LogP contribution in [0.2, 0.25) is 0 Å². The number of aromatic nitrogens is 2. The number of hydrogen-bond acceptors (Lipinski definition) is 4. The van der Waals surface area contributed by atoms with E-state index in [2.05, 4.69) is 84.8 Å². The molecule has 0 amide bonds. The third-order valence-electron chi connectivity index (χ3n) is 8.37. The fraction of sp³-hybridized carbons (Fsp3) is 0.100. The van der Waals surface area contributed by atoms with Gasteiger partial charge in [-0.3, -0.25) is 0 Å². The zero-order valence-electron chi connectivity index (χ0n) is 26.0. The number of hydrogen-bond donors (Lipinski definition) is 0. The summed E-state index contributed by atoms with van der Waals surface area (Å²) in [5.74, 6) is 1.72. The first-order valence-corrected chi connectivity index (χ1v) is 15.2. The minimum Gasteiger partial charge on any atom is -0.509 e. The van der Waals surface area contributed by atoms with Gasteiger partial charge in [-0.2, -0.15) is 12.1 Å². The van der Waals surface area contributed by atoms with E-state index in [-0.39, 0.29) is 32.3 Å². The molecule has 236 valence electrons. The van der Waals surface area contributed by atoms with Crippen LogP contribution in [0.1, 0.15) is 26.3 Å². The topological polar surface area (TPSA) is 33.5 Å². The third-order valence-corrected chi connectivity index (χ3v) is 8.37. The van der Waals surface area contributed by atoms with Gasteiger partial charge in [-0.25, -0.2) is 9.37 Å². The smallest absolute Gasteiger partial charge is 0.135 e. The fourth-order valence-corrected chi connectivity index (χ4v) is 6.04. The summed E-state index contributed by atoms with van der Waals surface area (Å²) in [6.45, 7) is 8.61. The maximum absolute atomic E-state index is 13.7. The van der Waals surface area contributed by atoms with Crippen molar-refractivity contribution in [3.05, 3.63) is 152 Å². The average molecular weight is 797 g/mol. The van der Waals surface area contributed by atoms with Crippen LogP contribution in [-0.4, -0.2) is 9.55 Å². The number of pyridine rings is 1. The summed E-state index contributed by atoms with van der Waals surface area (Å²) in [6, 6.07) is 44.1. The van der Waals surface area contributed by atoms with Crippen molar-refractivity contribution in [2.24, 2.45) is 0 Å². The fourth-order valence-electron chi connectivity index (χ4n) is 6.04. The van der Waals surface area contributed by atoms with Gasteiger partial charge in [0.15, 0.2) is 0 Å². The van der Waals surface area contributed by atoms with Gasteiger partial charge < -0.3 is 19.1 Å². The SMILES string of the molecule is CC(C)(C)c1ccnc(-n2c3[c-]c(Oc4[c-]c(N5[CH-]N(c6ccc(F)cc6)c6ccccc65)ccc4)ccc3c3ccccc32)c1.[Pt]. The van der Waals surface area contributed by atoms with Crippen LogP contribution in [0.3, 0.4) is 0 Å². The minimum absolute atomic E-state index is 0. The summed E-state index contributed by atoms with van der Waals surface area (Å²) in [4.78, 5) is 8.88. The van der Waals surface area contributed by atoms with E-state index in [1.807, 2.05) is 66.3 Å². The molecule has 0 saturated heterocycles. The van der Waals surface area contributed by atoms with E-state index < -0.39 is 0 Å². The second-order valence-corrected chi connectivity index (χ2v) is 12.4. The monoisotopic (exact) mass is 796 g/mol. The number of halogens is 1. The molecule has 5 aromatic carbocycles. The number of anilines is 4. The van der Waals surface area contributed by atoms with Crippen LogP contribution in [0.5, 0.6) is 11.5 Å².